The number of allylic oxidation sites excluding steroid dienone is 5. The molecule has 0 radical (unpaired) electrons. The average molecular weight is 964 g/mol. The Labute approximate surface area is 424 Å². The Kier molecular flexibility index (Phi) is 27.1. The van der Waals surface area contributed by atoms with Gasteiger partial charge in [0.15, 0.2) is 0 Å². The van der Waals surface area contributed by atoms with Crippen LogP contribution in [0.2, 0.25) is 0 Å². The third-order valence-corrected chi connectivity index (χ3v) is 18.0. The number of unbranched alkanes of at least 4 members (excludes halogenated alkanes) is 9. The van der Waals surface area contributed by atoms with Gasteiger partial charge in [-0.3, -0.25) is 9.59 Å². The van der Waals surface area contributed by atoms with Crippen molar-refractivity contribution >= 4 is 11.9 Å². The molecule has 5 rings (SSSR count). The molecule has 9 atom stereocenters. The Balaban J connectivity index is 0.883. The molecule has 1 unspecified atom stereocenters. The van der Waals surface area contributed by atoms with E-state index in [1.165, 1.54) is 135 Å². The Bertz CT molecular complexity index is 1520. The first-order valence-corrected chi connectivity index (χ1v) is 29.5. The lowest BCUT2D eigenvalue weighted by Gasteiger charge is -2.58. The van der Waals surface area contributed by atoms with Crippen molar-refractivity contribution in [3.63, 3.8) is 0 Å². The number of hydrogen-bond donors (Lipinski definition) is 1. The summed E-state index contributed by atoms with van der Waals surface area (Å²) in [5.41, 5.74) is 2.27. The molecule has 0 spiro atoms. The first kappa shape index (κ1) is 57.9. The molecule has 0 aromatic heterocycles. The first-order chi connectivity index (χ1) is 33.5. The zero-order chi connectivity index (χ0) is 49.2. The predicted molar refractivity (Wildman–Crippen MR) is 286 cm³/mol. The van der Waals surface area contributed by atoms with Crippen molar-refractivity contribution < 1.29 is 28.5 Å². The Morgan fingerprint density at radius 3 is 2.29 bits per heavy atom. The number of amides is 1. The summed E-state index contributed by atoms with van der Waals surface area (Å²) in [6.45, 7) is 21.2. The van der Waals surface area contributed by atoms with Crippen LogP contribution in [-0.2, 0) is 28.5 Å². The van der Waals surface area contributed by atoms with Crippen molar-refractivity contribution in [1.29, 1.82) is 0 Å². The van der Waals surface area contributed by atoms with Gasteiger partial charge >= 0.3 is 5.97 Å². The highest BCUT2D eigenvalue weighted by atomic mass is 16.6. The van der Waals surface area contributed by atoms with Gasteiger partial charge in [0.1, 0.15) is 6.10 Å². The Hall–Kier alpha value is -2.00. The van der Waals surface area contributed by atoms with E-state index in [2.05, 4.69) is 82.1 Å². The van der Waals surface area contributed by atoms with Gasteiger partial charge in [0.05, 0.1) is 39.0 Å². The summed E-state index contributed by atoms with van der Waals surface area (Å²) in [5, 5.41) is 2.93. The Morgan fingerprint density at radius 2 is 1.52 bits per heavy atom. The maximum absolute atomic E-state index is 13.0. The van der Waals surface area contributed by atoms with Crippen LogP contribution in [0.3, 0.4) is 0 Å². The van der Waals surface area contributed by atoms with E-state index in [0.29, 0.717) is 38.4 Å². The van der Waals surface area contributed by atoms with E-state index >= 15 is 0 Å². The molecule has 396 valence electrons. The van der Waals surface area contributed by atoms with Crippen molar-refractivity contribution in [3.05, 3.63) is 36.0 Å². The second-order valence-corrected chi connectivity index (χ2v) is 23.6. The summed E-state index contributed by atoms with van der Waals surface area (Å²) in [4.78, 5) is 28.2. The number of carbonyl (C=O) groups is 2. The predicted octanol–water partition coefficient (Wildman–Crippen LogP) is 14.6. The van der Waals surface area contributed by atoms with Crippen LogP contribution in [-0.4, -0.2) is 88.2 Å². The molecule has 1 saturated heterocycles. The fourth-order valence-corrected chi connectivity index (χ4v) is 13.9. The summed E-state index contributed by atoms with van der Waals surface area (Å²) in [6, 6.07) is 0. The minimum atomic E-state index is -0.251. The molecule has 3 saturated carbocycles. The molecule has 1 aliphatic heterocycles. The van der Waals surface area contributed by atoms with E-state index in [9.17, 15) is 9.59 Å². The van der Waals surface area contributed by atoms with Crippen LogP contribution in [0.25, 0.3) is 0 Å². The van der Waals surface area contributed by atoms with Crippen LogP contribution < -0.4 is 5.32 Å². The zero-order valence-corrected chi connectivity index (χ0v) is 45.6. The quantitative estimate of drug-likeness (QED) is 0.0385. The lowest BCUT2D eigenvalue weighted by Crippen LogP contribution is -2.51. The fourth-order valence-electron chi connectivity index (χ4n) is 13.9. The van der Waals surface area contributed by atoms with E-state index in [4.69, 9.17) is 18.9 Å². The molecule has 1 N–H and O–H groups in total. The number of nitrogens with one attached hydrogen (secondary N) is 1. The molecule has 0 aromatic carbocycles. The Morgan fingerprint density at radius 1 is 0.768 bits per heavy atom. The van der Waals surface area contributed by atoms with Crippen molar-refractivity contribution in [2.75, 3.05) is 59.2 Å². The highest BCUT2D eigenvalue weighted by molar-refractivity contribution is 5.81. The van der Waals surface area contributed by atoms with Crippen LogP contribution in [0, 0.1) is 46.3 Å². The highest BCUT2D eigenvalue weighted by Crippen LogP contribution is 2.67. The summed E-state index contributed by atoms with van der Waals surface area (Å²) in [7, 11) is 0. The van der Waals surface area contributed by atoms with Crippen molar-refractivity contribution in [2.45, 2.75) is 234 Å². The molecule has 5 aliphatic rings. The number of fused-ring (bicyclic) bond motifs is 5. The number of ether oxygens (including phenoxy) is 4. The molecule has 8 nitrogen and oxygen atoms in total. The fraction of sp³-hybridized carbons (Fsp3) is 0.869. The van der Waals surface area contributed by atoms with Gasteiger partial charge in [-0.2, -0.15) is 0 Å². The third-order valence-electron chi connectivity index (χ3n) is 18.0. The molecular weight excluding hydrogens is 857 g/mol. The van der Waals surface area contributed by atoms with Gasteiger partial charge in [-0.05, 0) is 156 Å². The maximum Gasteiger partial charge on any atom is 0.306 e. The van der Waals surface area contributed by atoms with Crippen LogP contribution in [0.1, 0.15) is 221 Å². The van der Waals surface area contributed by atoms with Gasteiger partial charge in [-0.15, -0.1) is 0 Å². The van der Waals surface area contributed by atoms with Gasteiger partial charge in [-0.25, -0.2) is 0 Å². The molecule has 4 aliphatic carbocycles. The smallest absolute Gasteiger partial charge is 0.306 e. The number of piperidine rings is 1. The van der Waals surface area contributed by atoms with Crippen LogP contribution in [0.5, 0.6) is 0 Å². The number of hydrogen-bond acceptors (Lipinski definition) is 7. The van der Waals surface area contributed by atoms with E-state index in [0.717, 1.165) is 93.9 Å². The molecule has 1 heterocycles. The number of esters is 1. The first-order valence-electron chi connectivity index (χ1n) is 29.5. The number of rotatable bonds is 35. The van der Waals surface area contributed by atoms with Crippen LogP contribution in [0.4, 0.5) is 0 Å². The van der Waals surface area contributed by atoms with Crippen LogP contribution >= 0.6 is 0 Å². The minimum absolute atomic E-state index is 0.0346. The van der Waals surface area contributed by atoms with E-state index in [1.807, 2.05) is 0 Å². The van der Waals surface area contributed by atoms with Gasteiger partial charge in [0, 0.05) is 32.5 Å². The number of nitrogens with zero attached hydrogens (tertiary/aromatic N) is 1. The van der Waals surface area contributed by atoms with Crippen molar-refractivity contribution in [1.82, 2.24) is 10.2 Å². The lowest BCUT2D eigenvalue weighted by molar-refractivity contribution is -0.152. The molecule has 0 bridgehead atoms. The van der Waals surface area contributed by atoms with E-state index < -0.39 is 0 Å². The topological polar surface area (TPSA) is 86.3 Å². The second kappa shape index (κ2) is 32.2. The van der Waals surface area contributed by atoms with E-state index in [-0.39, 0.29) is 42.3 Å². The largest absolute Gasteiger partial charge is 0.462 e. The number of carbonyl (C=O) groups excluding carboxylic acids is 2. The summed E-state index contributed by atoms with van der Waals surface area (Å²) in [5.74, 6) is 4.54. The molecule has 0 aromatic rings. The van der Waals surface area contributed by atoms with E-state index in [1.54, 1.807) is 5.57 Å². The van der Waals surface area contributed by atoms with Gasteiger partial charge in [0.2, 0.25) is 5.91 Å². The standard InChI is InChI=1S/C61H106N2O6/c1-7-8-9-10-11-12-13-14-15-16-17-18-19-20-21-25-42-67-48-53(47-63-40-23-22-24-41-63)68-45-44-66-43-39-62-58(64)33-34-59(65)69-52-35-37-60(5)51(46-52)29-30-54-56-32-31-55(50(4)28-26-27-49(2)3)61(56,6)38-36-57(54)60/h11-12,14-15,29,49-50,52-57H,7-10,13,16-28,30-48H2,1-6H3,(H,62,64)/t50-,52+,53?,54+,55-,56+,57+,60+,61-/m1/s1. The third kappa shape index (κ3) is 19.7. The highest BCUT2D eigenvalue weighted by Gasteiger charge is 2.59. The maximum atomic E-state index is 13.0. The van der Waals surface area contributed by atoms with Crippen LogP contribution in [0.15, 0.2) is 36.0 Å². The number of likely N-dealkylation sites (tertiary alicyclic amines) is 1. The summed E-state index contributed by atoms with van der Waals surface area (Å²) in [6.07, 6.45) is 44.8. The SMILES string of the molecule is CCCCCC=CCC=CCCCCCCCCOCC(CN1CCCCC1)OCCOCCNC(=O)CCC(=O)O[C@H]1CC[C@@]2(C)C(=CC[C@H]3[C@@H]4CC[C@H]([C@H](C)CCCC(C)C)[C@@]4(C)CC[C@@H]32)C1. The molecule has 69 heavy (non-hydrogen) atoms. The molecule has 4 fully saturated rings. The minimum Gasteiger partial charge on any atom is -0.462 e. The van der Waals surface area contributed by atoms with Crippen molar-refractivity contribution in [3.8, 4) is 0 Å². The molecular formula is C61H106N2O6. The monoisotopic (exact) mass is 963 g/mol. The summed E-state index contributed by atoms with van der Waals surface area (Å²) >= 11 is 0. The second-order valence-electron chi connectivity index (χ2n) is 23.6. The average Bonchev–Trinajstić information content (AvgIpc) is 3.70. The summed E-state index contributed by atoms with van der Waals surface area (Å²) < 4.78 is 24.3. The van der Waals surface area contributed by atoms with Gasteiger partial charge < -0.3 is 29.2 Å². The normalized spacial score (nSPS) is 28.1. The van der Waals surface area contributed by atoms with Crippen molar-refractivity contribution in [2.24, 2.45) is 46.3 Å². The van der Waals surface area contributed by atoms with Gasteiger partial charge in [0.25, 0.3) is 0 Å². The molecule has 1 amide bonds. The zero-order valence-electron chi connectivity index (χ0n) is 45.6. The van der Waals surface area contributed by atoms with Gasteiger partial charge in [-0.1, -0.05) is 142 Å². The molecule has 8 heteroatoms. The lowest BCUT2D eigenvalue weighted by atomic mass is 9.47.